The maximum absolute atomic E-state index is 13.6. The van der Waals surface area contributed by atoms with Crippen LogP contribution in [-0.4, -0.2) is 5.91 Å². The Balaban J connectivity index is 2.23. The van der Waals surface area contributed by atoms with Crippen molar-refractivity contribution in [2.45, 2.75) is 13.5 Å². The molecule has 0 unspecified atom stereocenters. The molecule has 2 rings (SSSR count). The lowest BCUT2D eigenvalue weighted by Gasteiger charge is -2.09. The highest BCUT2D eigenvalue weighted by molar-refractivity contribution is 7.10. The van der Waals surface area contributed by atoms with E-state index in [2.05, 4.69) is 5.32 Å². The number of hydrogen-bond acceptors (Lipinski definition) is 3. The van der Waals surface area contributed by atoms with E-state index in [0.29, 0.717) is 12.6 Å². The Hall–Kier alpha value is -1.95. The van der Waals surface area contributed by atoms with Crippen LogP contribution in [0.15, 0.2) is 23.6 Å². The summed E-state index contributed by atoms with van der Waals surface area (Å²) in [5.74, 6) is -2.63. The van der Waals surface area contributed by atoms with Crippen LogP contribution in [0.1, 0.15) is 20.8 Å². The lowest BCUT2D eigenvalue weighted by Crippen LogP contribution is -2.14. The van der Waals surface area contributed by atoms with Gasteiger partial charge in [0, 0.05) is 17.5 Å². The van der Waals surface area contributed by atoms with Crippen LogP contribution in [-0.2, 0) is 6.54 Å². The summed E-state index contributed by atoms with van der Waals surface area (Å²) in [6, 6.07) is 3.71. The first-order valence-electron chi connectivity index (χ1n) is 5.54. The molecular weight excluding hydrogens is 270 g/mol. The van der Waals surface area contributed by atoms with Crippen molar-refractivity contribution in [3.63, 3.8) is 0 Å². The van der Waals surface area contributed by atoms with E-state index in [9.17, 15) is 13.6 Å². The molecule has 0 saturated heterocycles. The van der Waals surface area contributed by atoms with E-state index in [1.165, 1.54) is 11.3 Å². The Bertz CT molecular complexity index is 625. The number of hydrogen-bond donors (Lipinski definition) is 2. The van der Waals surface area contributed by atoms with Crippen LogP contribution in [0.5, 0.6) is 0 Å². The standard InChI is InChI=1S/C13H12F2N2OS/c1-7-2-3-19-12(7)6-17-11-4-8(13(16)18)9(14)5-10(11)15/h2-5,17H,6H2,1H3,(H2,16,18). The van der Waals surface area contributed by atoms with Gasteiger partial charge in [0.25, 0.3) is 5.91 Å². The summed E-state index contributed by atoms with van der Waals surface area (Å²) in [5.41, 5.74) is 5.85. The monoisotopic (exact) mass is 282 g/mol. The molecule has 1 amide bonds. The molecule has 0 spiro atoms. The molecular formula is C13H12F2N2OS. The molecule has 0 saturated carbocycles. The molecule has 1 aromatic heterocycles. The summed E-state index contributed by atoms with van der Waals surface area (Å²) in [5, 5.41) is 4.77. The summed E-state index contributed by atoms with van der Waals surface area (Å²) in [4.78, 5) is 12.1. The van der Waals surface area contributed by atoms with Crippen molar-refractivity contribution >= 4 is 22.9 Å². The second-order valence-electron chi connectivity index (χ2n) is 4.06. The zero-order valence-electron chi connectivity index (χ0n) is 10.2. The van der Waals surface area contributed by atoms with E-state index in [4.69, 9.17) is 5.73 Å². The third kappa shape index (κ3) is 2.90. The molecule has 1 aromatic carbocycles. The third-order valence-corrected chi connectivity index (χ3v) is 3.75. The van der Waals surface area contributed by atoms with Gasteiger partial charge in [-0.3, -0.25) is 4.79 Å². The summed E-state index contributed by atoms with van der Waals surface area (Å²) in [6.45, 7) is 2.35. The predicted molar refractivity (Wildman–Crippen MR) is 71.3 cm³/mol. The number of carbonyl (C=O) groups is 1. The maximum Gasteiger partial charge on any atom is 0.251 e. The Kier molecular flexibility index (Phi) is 3.80. The molecule has 1 heterocycles. The summed E-state index contributed by atoms with van der Waals surface area (Å²) in [6.07, 6.45) is 0. The van der Waals surface area contributed by atoms with Crippen LogP contribution in [0.2, 0.25) is 0 Å². The number of rotatable bonds is 4. The molecule has 0 aliphatic carbocycles. The van der Waals surface area contributed by atoms with Crippen molar-refractivity contribution in [1.29, 1.82) is 0 Å². The van der Waals surface area contributed by atoms with Crippen LogP contribution < -0.4 is 11.1 Å². The molecule has 0 radical (unpaired) electrons. The first kappa shape index (κ1) is 13.5. The molecule has 0 aliphatic rings. The number of halogens is 2. The van der Waals surface area contributed by atoms with Crippen LogP contribution in [0.4, 0.5) is 14.5 Å². The fourth-order valence-corrected chi connectivity index (χ4v) is 2.48. The van der Waals surface area contributed by atoms with Gasteiger partial charge in [0.2, 0.25) is 0 Å². The molecule has 3 N–H and O–H groups in total. The number of anilines is 1. The number of nitrogens with one attached hydrogen (secondary N) is 1. The number of aryl methyl sites for hydroxylation is 1. The van der Waals surface area contributed by atoms with E-state index in [-0.39, 0.29) is 11.3 Å². The number of primary amides is 1. The third-order valence-electron chi connectivity index (χ3n) is 2.73. The zero-order valence-corrected chi connectivity index (χ0v) is 11.0. The van der Waals surface area contributed by atoms with Crippen LogP contribution in [0, 0.1) is 18.6 Å². The van der Waals surface area contributed by atoms with Gasteiger partial charge < -0.3 is 11.1 Å². The molecule has 3 nitrogen and oxygen atoms in total. The van der Waals surface area contributed by atoms with Gasteiger partial charge in [-0.05, 0) is 30.0 Å². The predicted octanol–water partition coefficient (Wildman–Crippen LogP) is 3.05. The minimum Gasteiger partial charge on any atom is -0.378 e. The van der Waals surface area contributed by atoms with Crippen molar-refractivity contribution in [2.75, 3.05) is 5.32 Å². The van der Waals surface area contributed by atoms with Gasteiger partial charge in [0.15, 0.2) is 0 Å². The molecule has 0 bridgehead atoms. The summed E-state index contributed by atoms with van der Waals surface area (Å²) >= 11 is 1.54. The average molecular weight is 282 g/mol. The molecule has 0 atom stereocenters. The van der Waals surface area contributed by atoms with Gasteiger partial charge in [0.1, 0.15) is 11.6 Å². The number of thiophene rings is 1. The Morgan fingerprint density at radius 2 is 2.11 bits per heavy atom. The molecule has 2 aromatic rings. The van der Waals surface area contributed by atoms with Crippen LogP contribution >= 0.6 is 11.3 Å². The van der Waals surface area contributed by atoms with E-state index in [1.807, 2.05) is 18.4 Å². The highest BCUT2D eigenvalue weighted by Gasteiger charge is 2.14. The van der Waals surface area contributed by atoms with Gasteiger partial charge in [-0.2, -0.15) is 0 Å². The van der Waals surface area contributed by atoms with E-state index < -0.39 is 17.5 Å². The quantitative estimate of drug-likeness (QED) is 0.905. The fraction of sp³-hybridized carbons (Fsp3) is 0.154. The van der Waals surface area contributed by atoms with Gasteiger partial charge in [-0.25, -0.2) is 8.78 Å². The number of amides is 1. The van der Waals surface area contributed by atoms with Gasteiger partial charge in [-0.15, -0.1) is 11.3 Å². The van der Waals surface area contributed by atoms with E-state index >= 15 is 0 Å². The number of nitrogens with two attached hydrogens (primary N) is 1. The second-order valence-corrected chi connectivity index (χ2v) is 5.06. The Morgan fingerprint density at radius 1 is 1.37 bits per heavy atom. The highest BCUT2D eigenvalue weighted by atomic mass is 32.1. The first-order valence-corrected chi connectivity index (χ1v) is 6.42. The Morgan fingerprint density at radius 3 is 2.68 bits per heavy atom. The van der Waals surface area contributed by atoms with Crippen LogP contribution in [0.25, 0.3) is 0 Å². The summed E-state index contributed by atoms with van der Waals surface area (Å²) in [7, 11) is 0. The normalized spacial score (nSPS) is 10.5. The maximum atomic E-state index is 13.6. The highest BCUT2D eigenvalue weighted by Crippen LogP contribution is 2.22. The lowest BCUT2D eigenvalue weighted by atomic mass is 10.1. The lowest BCUT2D eigenvalue weighted by molar-refractivity contribution is 0.0996. The molecule has 19 heavy (non-hydrogen) atoms. The van der Waals surface area contributed by atoms with Crippen molar-refractivity contribution in [1.82, 2.24) is 0 Å². The van der Waals surface area contributed by atoms with Crippen molar-refractivity contribution in [3.05, 3.63) is 51.2 Å². The largest absolute Gasteiger partial charge is 0.378 e. The molecule has 6 heteroatoms. The smallest absolute Gasteiger partial charge is 0.251 e. The Labute approximate surface area is 113 Å². The topological polar surface area (TPSA) is 55.1 Å². The van der Waals surface area contributed by atoms with Crippen molar-refractivity contribution in [3.8, 4) is 0 Å². The van der Waals surface area contributed by atoms with Crippen molar-refractivity contribution < 1.29 is 13.6 Å². The first-order chi connectivity index (χ1) is 8.99. The zero-order chi connectivity index (χ0) is 14.0. The van der Waals surface area contributed by atoms with E-state index in [1.54, 1.807) is 0 Å². The molecule has 0 aliphatic heterocycles. The SMILES string of the molecule is Cc1ccsc1CNc1cc(C(N)=O)c(F)cc1F. The van der Waals surface area contributed by atoms with Crippen LogP contribution in [0.3, 0.4) is 0 Å². The number of benzene rings is 1. The molecule has 0 fully saturated rings. The van der Waals surface area contributed by atoms with Gasteiger partial charge in [0.05, 0.1) is 11.3 Å². The van der Waals surface area contributed by atoms with E-state index in [0.717, 1.165) is 16.5 Å². The van der Waals surface area contributed by atoms with Crippen molar-refractivity contribution in [2.24, 2.45) is 5.73 Å². The van der Waals surface area contributed by atoms with Gasteiger partial charge >= 0.3 is 0 Å². The minimum atomic E-state index is -0.956. The number of carbonyl (C=O) groups excluding carboxylic acids is 1. The minimum absolute atomic E-state index is 0.0583. The fourth-order valence-electron chi connectivity index (χ4n) is 1.63. The average Bonchev–Trinajstić information content (AvgIpc) is 2.73. The molecule has 100 valence electrons. The second kappa shape index (κ2) is 5.36. The van der Waals surface area contributed by atoms with Gasteiger partial charge in [-0.1, -0.05) is 0 Å². The summed E-state index contributed by atoms with van der Waals surface area (Å²) < 4.78 is 26.9.